The van der Waals surface area contributed by atoms with Crippen LogP contribution in [0.15, 0.2) is 0 Å². The van der Waals surface area contributed by atoms with Crippen LogP contribution in [0.4, 0.5) is 13.2 Å². The molecular weight excluding hydrogens is 200 g/mol. The minimum atomic E-state index is -4.98. The van der Waals surface area contributed by atoms with E-state index in [1.54, 1.807) is 0 Å². The van der Waals surface area contributed by atoms with Crippen molar-refractivity contribution in [2.24, 2.45) is 0 Å². The molecule has 0 aromatic carbocycles. The summed E-state index contributed by atoms with van der Waals surface area (Å²) in [5, 5.41) is 0. The number of hydrogen-bond donors (Lipinski definition) is 1. The third kappa shape index (κ3) is 12.9. The van der Waals surface area contributed by atoms with E-state index in [9.17, 15) is 21.6 Å². The van der Waals surface area contributed by atoms with E-state index < -0.39 is 23.6 Å². The van der Waals surface area contributed by atoms with Crippen LogP contribution < -0.4 is 0 Å². The van der Waals surface area contributed by atoms with Gasteiger partial charge in [0, 0.05) is 0 Å². The van der Waals surface area contributed by atoms with Gasteiger partial charge in [0.2, 0.25) is 0 Å². The van der Waals surface area contributed by atoms with Crippen molar-refractivity contribution in [3.05, 3.63) is 0 Å². The fourth-order valence-electron chi connectivity index (χ4n) is 0.152. The molecule has 0 aliphatic heterocycles. The average Bonchev–Trinajstić information content (AvgIpc) is 1.55. The van der Waals surface area contributed by atoms with Crippen molar-refractivity contribution >= 4 is 29.3 Å². The van der Waals surface area contributed by atoms with Gasteiger partial charge < -0.3 is 0 Å². The number of alkyl halides is 3. The fraction of sp³-hybridized carbons (Fsp3) is 1.00. The Morgan fingerprint density at radius 2 is 1.75 bits per heavy atom. The van der Waals surface area contributed by atoms with Crippen LogP contribution in [-0.4, -0.2) is 45.0 Å². The van der Waals surface area contributed by atoms with Crippen LogP contribution >= 0.6 is 0 Å². The summed E-state index contributed by atoms with van der Waals surface area (Å²) in [5.41, 5.74) is 0. The molecule has 10 heteroatoms. The Bertz CT molecular complexity index is 209. The van der Waals surface area contributed by atoms with Gasteiger partial charge in [-0.1, -0.05) is 0 Å². The van der Waals surface area contributed by atoms with Crippen LogP contribution in [0.1, 0.15) is 0 Å². The SMILES string of the molecule is O=S(=O)(O)OCOC(F)(F)F.[LiH]. The molecule has 0 spiro atoms. The molecule has 0 fully saturated rings. The van der Waals surface area contributed by atoms with Gasteiger partial charge in [0.15, 0.2) is 6.79 Å². The second-order valence-electron chi connectivity index (χ2n) is 1.25. The molecule has 12 heavy (non-hydrogen) atoms. The molecule has 0 aliphatic rings. The van der Waals surface area contributed by atoms with Crippen molar-refractivity contribution in [1.29, 1.82) is 0 Å². The van der Waals surface area contributed by atoms with Gasteiger partial charge in [0.05, 0.1) is 0 Å². The molecular formula is C2H4F3LiO5S. The Morgan fingerprint density at radius 1 is 1.33 bits per heavy atom. The minimum absolute atomic E-state index is 0. The summed E-state index contributed by atoms with van der Waals surface area (Å²) >= 11 is 0. The van der Waals surface area contributed by atoms with Gasteiger partial charge in [-0.05, 0) is 0 Å². The third-order valence-electron chi connectivity index (χ3n) is 0.420. The maximum absolute atomic E-state index is 11.1. The van der Waals surface area contributed by atoms with Crippen LogP contribution in [0.2, 0.25) is 0 Å². The summed E-state index contributed by atoms with van der Waals surface area (Å²) in [6, 6.07) is 0. The zero-order valence-corrected chi connectivity index (χ0v) is 5.65. The molecule has 0 amide bonds. The Balaban J connectivity index is 0. The first kappa shape index (κ1) is 14.7. The van der Waals surface area contributed by atoms with Gasteiger partial charge in [-0.25, -0.2) is 4.18 Å². The number of hydrogen-bond acceptors (Lipinski definition) is 4. The Morgan fingerprint density at radius 3 is 2.00 bits per heavy atom. The van der Waals surface area contributed by atoms with Crippen LogP contribution in [-0.2, 0) is 19.3 Å². The van der Waals surface area contributed by atoms with Crippen molar-refractivity contribution in [1.82, 2.24) is 0 Å². The normalized spacial score (nSPS) is 12.3. The first-order valence-electron chi connectivity index (χ1n) is 2.03. The summed E-state index contributed by atoms with van der Waals surface area (Å²) in [6.45, 7) is -1.59. The van der Waals surface area contributed by atoms with E-state index in [4.69, 9.17) is 4.55 Å². The third-order valence-corrected chi connectivity index (χ3v) is 0.814. The molecule has 0 unspecified atom stereocenters. The van der Waals surface area contributed by atoms with Gasteiger partial charge >= 0.3 is 35.6 Å². The molecule has 0 heterocycles. The number of rotatable bonds is 3. The van der Waals surface area contributed by atoms with E-state index in [2.05, 4.69) is 8.92 Å². The first-order chi connectivity index (χ1) is 4.71. The fourth-order valence-corrected chi connectivity index (χ4v) is 0.321. The van der Waals surface area contributed by atoms with Gasteiger partial charge in [0.1, 0.15) is 0 Å². The predicted molar refractivity (Wildman–Crippen MR) is 31.8 cm³/mol. The molecule has 0 aromatic rings. The van der Waals surface area contributed by atoms with Crippen molar-refractivity contribution in [2.45, 2.75) is 6.36 Å². The van der Waals surface area contributed by atoms with E-state index in [-0.39, 0.29) is 18.9 Å². The standard InChI is InChI=1S/C2H3F3O5S.Li.H/c3-2(4,5)9-1-10-11(6,7)8;;/h1H2,(H,6,7,8);;. The van der Waals surface area contributed by atoms with Crippen molar-refractivity contribution < 1.29 is 35.1 Å². The molecule has 0 atom stereocenters. The second kappa shape index (κ2) is 5.06. The molecule has 0 rings (SSSR count). The van der Waals surface area contributed by atoms with E-state index in [1.165, 1.54) is 0 Å². The monoisotopic (exact) mass is 204 g/mol. The Labute approximate surface area is 78.0 Å². The van der Waals surface area contributed by atoms with Gasteiger partial charge in [-0.3, -0.25) is 9.29 Å². The molecule has 0 saturated heterocycles. The molecule has 0 aliphatic carbocycles. The molecule has 1 N–H and O–H groups in total. The van der Waals surface area contributed by atoms with Crippen LogP contribution in [0.3, 0.4) is 0 Å². The number of ether oxygens (including phenoxy) is 1. The summed E-state index contributed by atoms with van der Waals surface area (Å²) < 4.78 is 66.1. The summed E-state index contributed by atoms with van der Waals surface area (Å²) in [7, 11) is -4.87. The Hall–Kier alpha value is 0.217. The van der Waals surface area contributed by atoms with Gasteiger partial charge in [0.25, 0.3) is 0 Å². The molecule has 0 bridgehead atoms. The van der Waals surface area contributed by atoms with Crippen LogP contribution in [0.5, 0.6) is 0 Å². The van der Waals surface area contributed by atoms with E-state index >= 15 is 0 Å². The molecule has 0 aromatic heterocycles. The summed E-state index contributed by atoms with van der Waals surface area (Å²) in [6.07, 6.45) is -4.98. The van der Waals surface area contributed by atoms with Gasteiger partial charge in [-0.2, -0.15) is 8.42 Å². The quantitative estimate of drug-likeness (QED) is 0.386. The van der Waals surface area contributed by atoms with Crippen molar-refractivity contribution in [3.8, 4) is 0 Å². The second-order valence-corrected chi connectivity index (χ2v) is 2.34. The summed E-state index contributed by atoms with van der Waals surface area (Å²) in [4.78, 5) is 0. The van der Waals surface area contributed by atoms with E-state index in [0.29, 0.717) is 0 Å². The van der Waals surface area contributed by atoms with Crippen LogP contribution in [0.25, 0.3) is 0 Å². The average molecular weight is 204 g/mol. The first-order valence-corrected chi connectivity index (χ1v) is 3.40. The number of halogens is 3. The zero-order valence-electron chi connectivity index (χ0n) is 4.83. The van der Waals surface area contributed by atoms with Crippen molar-refractivity contribution in [3.63, 3.8) is 0 Å². The predicted octanol–water partition coefficient (Wildman–Crippen LogP) is -0.349. The zero-order chi connectivity index (χ0) is 9.12. The Kier molecular flexibility index (Phi) is 6.21. The molecule has 0 saturated carbocycles. The van der Waals surface area contributed by atoms with E-state index in [1.807, 2.05) is 0 Å². The molecule has 70 valence electrons. The summed E-state index contributed by atoms with van der Waals surface area (Å²) in [5.74, 6) is 0. The topological polar surface area (TPSA) is 72.8 Å². The van der Waals surface area contributed by atoms with E-state index in [0.717, 1.165) is 0 Å². The molecule has 5 nitrogen and oxygen atoms in total. The maximum atomic E-state index is 11.1. The molecule has 0 radical (unpaired) electrons. The van der Waals surface area contributed by atoms with Crippen LogP contribution in [0, 0.1) is 0 Å². The van der Waals surface area contributed by atoms with Crippen molar-refractivity contribution in [2.75, 3.05) is 6.79 Å². The van der Waals surface area contributed by atoms with Gasteiger partial charge in [-0.15, -0.1) is 13.2 Å².